The van der Waals surface area contributed by atoms with E-state index >= 15 is 0 Å². The van der Waals surface area contributed by atoms with E-state index in [1.54, 1.807) is 24.7 Å². The third-order valence-corrected chi connectivity index (χ3v) is 5.18. The van der Waals surface area contributed by atoms with E-state index in [2.05, 4.69) is 20.5 Å². The highest BCUT2D eigenvalue weighted by molar-refractivity contribution is 7.13. The van der Waals surface area contributed by atoms with Crippen LogP contribution in [0.1, 0.15) is 24.0 Å². The Morgan fingerprint density at radius 1 is 1.18 bits per heavy atom. The van der Waals surface area contributed by atoms with Gasteiger partial charge < -0.3 is 8.83 Å². The first-order valence-electron chi connectivity index (χ1n) is 8.56. The molecular weight excluding hydrogens is 380 g/mol. The van der Waals surface area contributed by atoms with Gasteiger partial charge in [-0.15, -0.1) is 21.5 Å². The Bertz CT molecular complexity index is 1100. The predicted molar refractivity (Wildman–Crippen MR) is 99.3 cm³/mol. The number of hydrogen-bond donors (Lipinski definition) is 0. The highest BCUT2D eigenvalue weighted by atomic mass is 32.1. The number of carbonyl (C=O) groups excluding carboxylic acids is 1. The lowest BCUT2D eigenvalue weighted by molar-refractivity contribution is -0.134. The van der Waals surface area contributed by atoms with Crippen LogP contribution < -0.4 is 0 Å². The SMILES string of the molecule is O=C(Cn1nnc(-c2cccs2)n1)N1N=C(c2ccco2)CC1c1ccco1. The highest BCUT2D eigenvalue weighted by Crippen LogP contribution is 2.33. The molecule has 1 aliphatic heterocycles. The Morgan fingerprint density at radius 2 is 2.07 bits per heavy atom. The van der Waals surface area contributed by atoms with Gasteiger partial charge in [-0.2, -0.15) is 9.90 Å². The van der Waals surface area contributed by atoms with Gasteiger partial charge in [-0.1, -0.05) is 6.07 Å². The second-order valence-corrected chi connectivity index (χ2v) is 7.07. The molecule has 28 heavy (non-hydrogen) atoms. The predicted octanol–water partition coefficient (Wildman–Crippen LogP) is 2.97. The van der Waals surface area contributed by atoms with Crippen LogP contribution in [0.3, 0.4) is 0 Å². The number of carbonyl (C=O) groups is 1. The van der Waals surface area contributed by atoms with E-state index in [1.807, 2.05) is 29.6 Å². The summed E-state index contributed by atoms with van der Waals surface area (Å²) >= 11 is 1.51. The van der Waals surface area contributed by atoms with Crippen LogP contribution in [0.2, 0.25) is 0 Å². The molecule has 0 N–H and O–H groups in total. The van der Waals surface area contributed by atoms with Crippen molar-refractivity contribution in [3.05, 3.63) is 65.8 Å². The fourth-order valence-electron chi connectivity index (χ4n) is 3.04. The molecule has 0 aliphatic carbocycles. The fraction of sp³-hybridized carbons (Fsp3) is 0.167. The zero-order valence-electron chi connectivity index (χ0n) is 14.5. The van der Waals surface area contributed by atoms with Gasteiger partial charge in [-0.25, -0.2) is 5.01 Å². The first-order chi connectivity index (χ1) is 13.8. The van der Waals surface area contributed by atoms with E-state index in [9.17, 15) is 4.79 Å². The molecule has 1 unspecified atom stereocenters. The van der Waals surface area contributed by atoms with E-state index in [0.717, 1.165) is 4.88 Å². The molecule has 4 aromatic rings. The van der Waals surface area contributed by atoms with Crippen LogP contribution in [-0.4, -0.2) is 36.8 Å². The normalized spacial score (nSPS) is 16.5. The summed E-state index contributed by atoms with van der Waals surface area (Å²) < 4.78 is 11.0. The van der Waals surface area contributed by atoms with Crippen molar-refractivity contribution in [1.82, 2.24) is 25.2 Å². The zero-order chi connectivity index (χ0) is 18.9. The molecule has 5 rings (SSSR count). The van der Waals surface area contributed by atoms with Gasteiger partial charge in [0.1, 0.15) is 29.8 Å². The lowest BCUT2D eigenvalue weighted by Crippen LogP contribution is -2.31. The summed E-state index contributed by atoms with van der Waals surface area (Å²) in [5, 5.41) is 20.1. The number of thiophene rings is 1. The van der Waals surface area contributed by atoms with Gasteiger partial charge in [-0.3, -0.25) is 4.79 Å². The molecule has 1 aliphatic rings. The molecule has 10 heteroatoms. The monoisotopic (exact) mass is 394 g/mol. The molecule has 0 aromatic carbocycles. The Kier molecular flexibility index (Phi) is 4.09. The number of nitrogens with zero attached hydrogens (tertiary/aromatic N) is 6. The van der Waals surface area contributed by atoms with E-state index in [1.165, 1.54) is 21.1 Å². The number of aromatic nitrogens is 4. The Labute approximate surface area is 162 Å². The quantitative estimate of drug-likeness (QED) is 0.516. The van der Waals surface area contributed by atoms with Crippen LogP contribution in [0.15, 0.2) is 68.2 Å². The molecule has 0 fully saturated rings. The van der Waals surface area contributed by atoms with Gasteiger partial charge in [0.05, 0.1) is 17.4 Å². The Morgan fingerprint density at radius 3 is 2.82 bits per heavy atom. The summed E-state index contributed by atoms with van der Waals surface area (Å²) in [6.07, 6.45) is 3.66. The highest BCUT2D eigenvalue weighted by Gasteiger charge is 2.36. The molecule has 1 atom stereocenters. The minimum Gasteiger partial charge on any atom is -0.467 e. The van der Waals surface area contributed by atoms with Crippen LogP contribution in [0.25, 0.3) is 10.7 Å². The molecule has 0 radical (unpaired) electrons. The number of tetrazole rings is 1. The van der Waals surface area contributed by atoms with Crippen molar-refractivity contribution in [2.24, 2.45) is 5.10 Å². The minimum atomic E-state index is -0.345. The minimum absolute atomic E-state index is 0.0789. The topological polar surface area (TPSA) is 103 Å². The van der Waals surface area contributed by atoms with Gasteiger partial charge in [0.2, 0.25) is 5.82 Å². The lowest BCUT2D eigenvalue weighted by Gasteiger charge is -2.19. The lowest BCUT2D eigenvalue weighted by atomic mass is 10.1. The van der Waals surface area contributed by atoms with Crippen molar-refractivity contribution in [3.63, 3.8) is 0 Å². The summed E-state index contributed by atoms with van der Waals surface area (Å²) in [7, 11) is 0. The van der Waals surface area contributed by atoms with Crippen LogP contribution in [0.5, 0.6) is 0 Å². The molecule has 1 amide bonds. The van der Waals surface area contributed by atoms with Crippen molar-refractivity contribution < 1.29 is 13.6 Å². The first kappa shape index (κ1) is 16.6. The van der Waals surface area contributed by atoms with Crippen LogP contribution in [0, 0.1) is 0 Å². The summed E-state index contributed by atoms with van der Waals surface area (Å²) in [4.78, 5) is 15.1. The maximum Gasteiger partial charge on any atom is 0.267 e. The largest absolute Gasteiger partial charge is 0.467 e. The molecule has 140 valence electrons. The van der Waals surface area contributed by atoms with Crippen LogP contribution in [-0.2, 0) is 11.3 Å². The van der Waals surface area contributed by atoms with Crippen molar-refractivity contribution in [2.75, 3.05) is 0 Å². The van der Waals surface area contributed by atoms with E-state index in [4.69, 9.17) is 8.83 Å². The zero-order valence-corrected chi connectivity index (χ0v) is 15.3. The van der Waals surface area contributed by atoms with Gasteiger partial charge >= 0.3 is 0 Å². The van der Waals surface area contributed by atoms with Gasteiger partial charge in [-0.05, 0) is 40.9 Å². The third kappa shape index (κ3) is 3.03. The Balaban J connectivity index is 1.39. The molecular formula is C18H14N6O3S. The smallest absolute Gasteiger partial charge is 0.267 e. The third-order valence-electron chi connectivity index (χ3n) is 4.31. The standard InChI is InChI=1S/C18H14N6O3S/c25-17(11-23-21-18(19-22-23)16-6-3-9-28-16)24-13(15-5-2-8-27-15)10-12(20-24)14-4-1-7-26-14/h1-9,13H,10-11H2. The second kappa shape index (κ2) is 6.89. The maximum atomic E-state index is 13.0. The van der Waals surface area contributed by atoms with Crippen molar-refractivity contribution in [2.45, 2.75) is 19.0 Å². The second-order valence-electron chi connectivity index (χ2n) is 6.12. The molecule has 0 saturated carbocycles. The van der Waals surface area contributed by atoms with Crippen LogP contribution >= 0.6 is 11.3 Å². The maximum absolute atomic E-state index is 13.0. The molecule has 0 spiro atoms. The summed E-state index contributed by atoms with van der Waals surface area (Å²) in [5.74, 6) is 1.51. The van der Waals surface area contributed by atoms with Gasteiger partial charge in [0, 0.05) is 6.42 Å². The Hall–Kier alpha value is -3.53. The number of amides is 1. The molecule has 0 bridgehead atoms. The number of rotatable bonds is 5. The van der Waals surface area contributed by atoms with Gasteiger partial charge in [0.25, 0.3) is 5.91 Å². The summed E-state index contributed by atoms with van der Waals surface area (Å²) in [6.45, 7) is -0.0789. The van der Waals surface area contributed by atoms with Gasteiger partial charge in [0.15, 0.2) is 0 Å². The van der Waals surface area contributed by atoms with Crippen molar-refractivity contribution >= 4 is 23.0 Å². The first-order valence-corrected chi connectivity index (χ1v) is 9.44. The van der Waals surface area contributed by atoms with E-state index < -0.39 is 0 Å². The van der Waals surface area contributed by atoms with E-state index in [0.29, 0.717) is 29.5 Å². The molecule has 4 aromatic heterocycles. The number of furan rings is 2. The average molecular weight is 394 g/mol. The summed E-state index contributed by atoms with van der Waals surface area (Å²) in [6, 6.07) is 10.7. The average Bonchev–Trinajstić information content (AvgIpc) is 3.53. The van der Waals surface area contributed by atoms with E-state index in [-0.39, 0.29) is 18.5 Å². The molecule has 0 saturated heterocycles. The molecule has 9 nitrogen and oxygen atoms in total. The van der Waals surface area contributed by atoms with Crippen LogP contribution in [0.4, 0.5) is 0 Å². The van der Waals surface area contributed by atoms with Crippen molar-refractivity contribution in [3.8, 4) is 10.7 Å². The van der Waals surface area contributed by atoms with Crippen molar-refractivity contribution in [1.29, 1.82) is 0 Å². The molecule has 5 heterocycles. The number of hydrogen-bond acceptors (Lipinski definition) is 8. The number of hydrazone groups is 1. The fourth-order valence-corrected chi connectivity index (χ4v) is 3.69. The summed E-state index contributed by atoms with van der Waals surface area (Å²) in [5.41, 5.74) is 0.686.